The Balaban J connectivity index is 4.45. The van der Waals surface area contributed by atoms with Crippen molar-refractivity contribution >= 4 is 17.9 Å². The predicted octanol–water partition coefficient (Wildman–Crippen LogP) is 9.94. The van der Waals surface area contributed by atoms with E-state index in [9.17, 15) is 19.5 Å². The van der Waals surface area contributed by atoms with Crippen LogP contribution < -0.4 is 5.11 Å². The van der Waals surface area contributed by atoms with E-state index < -0.39 is 24.3 Å². The number of likely N-dealkylation sites (N-methyl/N-ethyl adjacent to an activating group) is 1. The molecule has 0 aliphatic rings. The quantitative estimate of drug-likeness (QED) is 0.0199. The molecule has 0 fully saturated rings. The summed E-state index contributed by atoms with van der Waals surface area (Å²) in [5.41, 5.74) is 0. The van der Waals surface area contributed by atoms with Gasteiger partial charge in [0.05, 0.1) is 40.3 Å². The van der Waals surface area contributed by atoms with Gasteiger partial charge in [0.25, 0.3) is 0 Å². The summed E-state index contributed by atoms with van der Waals surface area (Å²) >= 11 is 0. The highest BCUT2D eigenvalue weighted by atomic mass is 16.7. The third kappa shape index (κ3) is 38.1. The molecule has 0 aromatic heterocycles. The van der Waals surface area contributed by atoms with Gasteiger partial charge in [-0.1, -0.05) is 154 Å². The topological polar surface area (TPSA) is 111 Å². The molecule has 0 amide bonds. The van der Waals surface area contributed by atoms with Gasteiger partial charge in [-0.25, -0.2) is 0 Å². The van der Waals surface area contributed by atoms with Crippen LogP contribution in [0.3, 0.4) is 0 Å². The molecule has 0 N–H and O–H groups in total. The van der Waals surface area contributed by atoms with E-state index in [0.717, 1.165) is 51.4 Å². The molecule has 2 unspecified atom stereocenters. The summed E-state index contributed by atoms with van der Waals surface area (Å²) in [6, 6.07) is 0. The second-order valence-corrected chi connectivity index (χ2v) is 16.0. The van der Waals surface area contributed by atoms with Crippen LogP contribution in [0.15, 0.2) is 24.3 Å². The molecule has 0 spiro atoms. The van der Waals surface area contributed by atoms with Gasteiger partial charge in [0.2, 0.25) is 0 Å². The first-order chi connectivity index (χ1) is 26.1. The van der Waals surface area contributed by atoms with Gasteiger partial charge >= 0.3 is 11.9 Å². The second-order valence-electron chi connectivity index (χ2n) is 16.0. The van der Waals surface area contributed by atoms with E-state index in [0.29, 0.717) is 23.9 Å². The zero-order chi connectivity index (χ0) is 40.0. The zero-order valence-electron chi connectivity index (χ0n) is 35.6. The molecule has 0 aliphatic heterocycles. The molecule has 0 radical (unpaired) electrons. The van der Waals surface area contributed by atoms with E-state index in [1.54, 1.807) is 0 Å². The van der Waals surface area contributed by atoms with Crippen molar-refractivity contribution in [1.82, 2.24) is 0 Å². The Morgan fingerprint density at radius 2 is 1.00 bits per heavy atom. The fourth-order valence-corrected chi connectivity index (χ4v) is 5.98. The van der Waals surface area contributed by atoms with Gasteiger partial charge in [0.15, 0.2) is 12.4 Å². The number of quaternary nitrogens is 1. The molecule has 9 heteroatoms. The summed E-state index contributed by atoms with van der Waals surface area (Å²) < 4.78 is 22.5. The summed E-state index contributed by atoms with van der Waals surface area (Å²) in [7, 11) is 5.90. The molecular weight excluding hydrogens is 682 g/mol. The van der Waals surface area contributed by atoms with Crippen molar-refractivity contribution < 1.29 is 42.9 Å². The molecule has 2 atom stereocenters. The highest BCUT2D eigenvalue weighted by molar-refractivity contribution is 5.70. The first-order valence-corrected chi connectivity index (χ1v) is 22.0. The molecule has 54 heavy (non-hydrogen) atoms. The fraction of sp³-hybridized carbons (Fsp3) is 0.844. The lowest BCUT2D eigenvalue weighted by Crippen LogP contribution is -2.44. The molecule has 0 rings (SSSR count). The van der Waals surface area contributed by atoms with Crippen LogP contribution in [0.1, 0.15) is 187 Å². The highest BCUT2D eigenvalue weighted by Gasteiger charge is 2.21. The minimum atomic E-state index is -1.62. The van der Waals surface area contributed by atoms with Crippen molar-refractivity contribution in [2.75, 3.05) is 47.5 Å². The van der Waals surface area contributed by atoms with Crippen molar-refractivity contribution in [1.29, 1.82) is 0 Å². The molecule has 9 nitrogen and oxygen atoms in total. The molecule has 0 heterocycles. The number of hydrogen-bond acceptors (Lipinski definition) is 8. The van der Waals surface area contributed by atoms with Crippen LogP contribution in [0.25, 0.3) is 0 Å². The van der Waals surface area contributed by atoms with Crippen LogP contribution in [0.2, 0.25) is 0 Å². The zero-order valence-corrected chi connectivity index (χ0v) is 35.6. The van der Waals surface area contributed by atoms with Crippen molar-refractivity contribution in [2.45, 2.75) is 200 Å². The van der Waals surface area contributed by atoms with Gasteiger partial charge < -0.3 is 33.3 Å². The van der Waals surface area contributed by atoms with Crippen LogP contribution in [0.4, 0.5) is 0 Å². The standard InChI is InChI=1S/C45H83NO8/c1-6-8-10-12-14-16-18-20-21-22-23-24-26-28-30-32-34-36-43(48)54-41(40-53-45(44(49)50)51-38-37-46(3,4)5)39-52-42(47)35-33-31-29-27-25-19-17-15-13-11-9-7-2/h14,16,20-21,41,45H,6-13,15,17-19,22-40H2,1-5H3/b16-14-,21-20-. The van der Waals surface area contributed by atoms with Crippen molar-refractivity contribution in [2.24, 2.45) is 0 Å². The Hall–Kier alpha value is -2.23. The average molecular weight is 766 g/mol. The number of carbonyl (C=O) groups excluding carboxylic acids is 3. The minimum Gasteiger partial charge on any atom is -0.545 e. The summed E-state index contributed by atoms with van der Waals surface area (Å²) in [5, 5.41) is 11.7. The number of allylic oxidation sites excluding steroid dienone is 4. The predicted molar refractivity (Wildman–Crippen MR) is 219 cm³/mol. The summed E-state index contributed by atoms with van der Waals surface area (Å²) in [5.74, 6) is -2.29. The van der Waals surface area contributed by atoms with Gasteiger partial charge in [-0.2, -0.15) is 0 Å². The molecule has 0 aliphatic carbocycles. The van der Waals surface area contributed by atoms with Crippen LogP contribution in [0, 0.1) is 0 Å². The number of hydrogen-bond donors (Lipinski definition) is 0. The number of esters is 2. The molecule has 316 valence electrons. The van der Waals surface area contributed by atoms with Gasteiger partial charge in [-0.05, 0) is 44.9 Å². The molecule has 0 aromatic carbocycles. The maximum Gasteiger partial charge on any atom is 0.306 e. The number of carboxylic acids is 1. The van der Waals surface area contributed by atoms with E-state index in [1.165, 1.54) is 103 Å². The lowest BCUT2D eigenvalue weighted by molar-refractivity contribution is -0.870. The van der Waals surface area contributed by atoms with Crippen LogP contribution in [-0.4, -0.2) is 82.3 Å². The van der Waals surface area contributed by atoms with Gasteiger partial charge in [0.1, 0.15) is 13.2 Å². The lowest BCUT2D eigenvalue weighted by atomic mass is 10.0. The van der Waals surface area contributed by atoms with Gasteiger partial charge in [-0.3, -0.25) is 9.59 Å². The largest absolute Gasteiger partial charge is 0.545 e. The number of aliphatic carboxylic acids is 1. The molecule has 0 saturated heterocycles. The van der Waals surface area contributed by atoms with E-state index >= 15 is 0 Å². The fourth-order valence-electron chi connectivity index (χ4n) is 5.98. The van der Waals surface area contributed by atoms with Crippen molar-refractivity contribution in [3.63, 3.8) is 0 Å². The number of rotatable bonds is 40. The molecular formula is C45H83NO8. The van der Waals surface area contributed by atoms with Gasteiger partial charge in [-0.15, -0.1) is 0 Å². The number of unbranched alkanes of at least 4 members (excludes halogenated alkanes) is 21. The Morgan fingerprint density at radius 1 is 0.556 bits per heavy atom. The smallest absolute Gasteiger partial charge is 0.306 e. The maximum absolute atomic E-state index is 12.7. The minimum absolute atomic E-state index is 0.148. The van der Waals surface area contributed by atoms with Crippen LogP contribution >= 0.6 is 0 Å². The Morgan fingerprint density at radius 3 is 1.50 bits per heavy atom. The third-order valence-corrected chi connectivity index (χ3v) is 9.45. The SMILES string of the molecule is CCCCC/C=C\C/C=C\CCCCCCCCCC(=O)OC(COC(=O)CCCCCCCCCCCCCC)COC(OCC[N+](C)(C)C)C(=O)[O-]. The van der Waals surface area contributed by atoms with Crippen LogP contribution in [-0.2, 0) is 33.3 Å². The Kier molecular flexibility index (Phi) is 36.1. The molecule has 0 aromatic rings. The number of carbonyl (C=O) groups is 3. The van der Waals surface area contributed by atoms with Crippen molar-refractivity contribution in [3.8, 4) is 0 Å². The summed E-state index contributed by atoms with van der Waals surface area (Å²) in [6.45, 7) is 4.70. The Labute approximate surface area is 331 Å². The molecule has 0 saturated carbocycles. The van der Waals surface area contributed by atoms with E-state index in [1.807, 2.05) is 21.1 Å². The monoisotopic (exact) mass is 766 g/mol. The lowest BCUT2D eigenvalue weighted by Gasteiger charge is -2.26. The first-order valence-electron chi connectivity index (χ1n) is 22.0. The Bertz CT molecular complexity index is 944. The summed E-state index contributed by atoms with van der Waals surface area (Å²) in [6.07, 6.45) is 36.3. The third-order valence-electron chi connectivity index (χ3n) is 9.45. The highest BCUT2D eigenvalue weighted by Crippen LogP contribution is 2.14. The second kappa shape index (κ2) is 37.7. The number of nitrogens with zero attached hydrogens (tertiary/aromatic N) is 1. The van der Waals surface area contributed by atoms with Crippen molar-refractivity contribution in [3.05, 3.63) is 24.3 Å². The van der Waals surface area contributed by atoms with Crippen LogP contribution in [0.5, 0.6) is 0 Å². The molecule has 0 bridgehead atoms. The van der Waals surface area contributed by atoms with E-state index in [4.69, 9.17) is 18.9 Å². The normalized spacial score (nSPS) is 13.1. The van der Waals surface area contributed by atoms with E-state index in [2.05, 4.69) is 38.2 Å². The summed E-state index contributed by atoms with van der Waals surface area (Å²) in [4.78, 5) is 36.9. The number of carboxylic acid groups (broad SMARTS) is 1. The van der Waals surface area contributed by atoms with Gasteiger partial charge in [0, 0.05) is 12.8 Å². The first kappa shape index (κ1) is 51.8. The number of ether oxygens (including phenoxy) is 4. The maximum atomic E-state index is 12.7. The average Bonchev–Trinajstić information content (AvgIpc) is 3.12. The van der Waals surface area contributed by atoms with E-state index in [-0.39, 0.29) is 32.2 Å².